The van der Waals surface area contributed by atoms with Gasteiger partial charge in [-0.05, 0) is 144 Å². The van der Waals surface area contributed by atoms with E-state index in [2.05, 4.69) is 48.5 Å². The van der Waals surface area contributed by atoms with Crippen LogP contribution in [-0.4, -0.2) is 183 Å². The first-order valence-electron chi connectivity index (χ1n) is 32.2. The topological polar surface area (TPSA) is 197 Å². The van der Waals surface area contributed by atoms with Crippen LogP contribution in [0.1, 0.15) is 185 Å². The molecule has 6 rings (SSSR count). The van der Waals surface area contributed by atoms with Crippen molar-refractivity contribution in [3.05, 3.63) is 60.7 Å². The molecule has 4 fully saturated rings. The highest BCUT2D eigenvalue weighted by molar-refractivity contribution is 7.90. The van der Waals surface area contributed by atoms with E-state index in [0.29, 0.717) is 25.7 Å². The smallest absolute Gasteiger partial charge is 0.311 e. The van der Waals surface area contributed by atoms with E-state index in [1.54, 1.807) is 53.4 Å². The number of nitrogens with zero attached hydrogens (tertiary/aromatic N) is 2. The maximum absolute atomic E-state index is 14.7. The Bertz CT molecular complexity index is 2290. The van der Waals surface area contributed by atoms with Crippen LogP contribution in [0.15, 0.2) is 60.7 Å². The van der Waals surface area contributed by atoms with E-state index in [1.807, 2.05) is 45.0 Å². The largest absolute Gasteiger partial charge is 0.459 e. The second-order valence-electron chi connectivity index (χ2n) is 27.1. The van der Waals surface area contributed by atoms with E-state index in [0.717, 1.165) is 57.5 Å². The summed E-state index contributed by atoms with van der Waals surface area (Å²) in [6.45, 7) is 17.3. The summed E-state index contributed by atoms with van der Waals surface area (Å²) in [5.74, 6) is -5.94. The number of hydrogen-bond acceptors (Lipinski definition) is 14. The summed E-state index contributed by atoms with van der Waals surface area (Å²) in [4.78, 5) is 32.8. The van der Waals surface area contributed by atoms with E-state index in [-0.39, 0.29) is 68.8 Å². The molecular weight excluding hydrogens is 1110 g/mol. The average Bonchev–Trinajstić information content (AvgIpc) is 3.19. The Morgan fingerprint density at radius 1 is 0.776 bits per heavy atom. The maximum Gasteiger partial charge on any atom is 0.311 e. The summed E-state index contributed by atoms with van der Waals surface area (Å²) in [7, 11) is 3.28. The van der Waals surface area contributed by atoms with E-state index in [1.165, 1.54) is 24.6 Å². The standard InChI is InChI=1S/C67H110F2N2O13P/c1-14-54-66(10,78)59(74)48(6)71(55(72)34-28-20-18-16-15-17-19-21-29-39-85(50-30-24-22-25-31-50,51-32-26-23-27-33-51)52-35-37-67(68,69)38-36-52)43-44(2)41-64(8,77)61(84-63-57(73)53(70(11)12)40-45(3)80-63)46(4)58(47(5)62(76)82-54)83-56-42-65(9,79-13)60(75)49(7)81-56/h22-27,30-33,44-49,52-54,56-61,63,73-75,77-78H,14-21,28-29,34-43H2,1-13H3/q+1/t44-,45-,46+,47-,48-,49+,53+,54-,56+,57-,58+,59-,60+,61-,63+,64-,65-,66-/m1/s1. The van der Waals surface area contributed by atoms with Gasteiger partial charge in [-0.25, -0.2) is 8.78 Å². The number of benzene rings is 2. The summed E-state index contributed by atoms with van der Waals surface area (Å²) < 4.78 is 67.4. The molecule has 1 amide bonds. The van der Waals surface area contributed by atoms with Crippen LogP contribution in [0.3, 0.4) is 0 Å². The lowest BCUT2D eigenvalue weighted by molar-refractivity contribution is -0.318. The number of ether oxygens (including phenoxy) is 6. The van der Waals surface area contributed by atoms with E-state index >= 15 is 0 Å². The number of unbranched alkanes of at least 4 members (excludes halogenated alkanes) is 8. The zero-order chi connectivity index (χ0) is 62.7. The zero-order valence-electron chi connectivity index (χ0n) is 53.8. The number of halogens is 2. The van der Waals surface area contributed by atoms with Crippen molar-refractivity contribution in [3.63, 3.8) is 0 Å². The van der Waals surface area contributed by atoms with Gasteiger partial charge in [-0.1, -0.05) is 95.7 Å². The highest BCUT2D eigenvalue weighted by Gasteiger charge is 2.55. The van der Waals surface area contributed by atoms with Gasteiger partial charge in [-0.2, -0.15) is 0 Å². The van der Waals surface area contributed by atoms with Crippen LogP contribution in [0.25, 0.3) is 0 Å². The molecule has 3 heterocycles. The number of aliphatic hydroxyl groups is 5. The lowest BCUT2D eigenvalue weighted by Gasteiger charge is -2.48. The van der Waals surface area contributed by atoms with Gasteiger partial charge in [0, 0.05) is 51.3 Å². The van der Waals surface area contributed by atoms with Crippen LogP contribution < -0.4 is 10.6 Å². The number of alkyl halides is 2. The van der Waals surface area contributed by atoms with Gasteiger partial charge in [0.1, 0.15) is 30.0 Å². The summed E-state index contributed by atoms with van der Waals surface area (Å²) >= 11 is 0. The molecule has 2 aromatic rings. The normalized spacial score (nSPS) is 36.8. The predicted octanol–water partition coefficient (Wildman–Crippen LogP) is 9.94. The lowest BCUT2D eigenvalue weighted by Crippen LogP contribution is -2.60. The van der Waals surface area contributed by atoms with Crippen molar-refractivity contribution in [2.75, 3.05) is 33.9 Å². The van der Waals surface area contributed by atoms with Crippen molar-refractivity contribution in [1.82, 2.24) is 9.80 Å². The number of carbonyl (C=O) groups is 2. The fourth-order valence-electron chi connectivity index (χ4n) is 14.7. The number of esters is 1. The molecular formula is C67H110F2N2O13P+. The maximum atomic E-state index is 14.7. The fraction of sp³-hybridized carbons (Fsp3) is 0.791. The third kappa shape index (κ3) is 17.8. The molecule has 85 heavy (non-hydrogen) atoms. The Kier molecular flexibility index (Phi) is 26.3. The summed E-state index contributed by atoms with van der Waals surface area (Å²) in [5, 5.41) is 63.2. The number of methoxy groups -OCH3 is 1. The van der Waals surface area contributed by atoms with Crippen LogP contribution in [0.2, 0.25) is 0 Å². The SMILES string of the molecule is CC[C@H]1OC(=O)[C@H](C)[C@@H](O[C@H]2C[C@@](C)(OC)[C@@H](O)[C@H](C)O2)[C@H](C)[C@@H](O[C@@H]2O[C@H](C)C[C@H](N(C)C)[C@H]2O)[C@](C)(O)C[C@@H](C)CN(C(=O)CCCCCCCCCCC[P+](c2ccccc2)(c2ccccc2)C2CCC(F)(F)CC2)[C@H](C)[C@@H](O)[C@]1(C)O. The second kappa shape index (κ2) is 31.3. The van der Waals surface area contributed by atoms with Crippen LogP contribution in [0, 0.1) is 17.8 Å². The average molecular weight is 1220 g/mol. The zero-order valence-corrected chi connectivity index (χ0v) is 54.6. The predicted molar refractivity (Wildman–Crippen MR) is 331 cm³/mol. The van der Waals surface area contributed by atoms with Gasteiger partial charge in [0.05, 0.1) is 77.3 Å². The quantitative estimate of drug-likeness (QED) is 0.0424. The van der Waals surface area contributed by atoms with Crippen molar-refractivity contribution < 1.29 is 72.3 Å². The Labute approximate surface area is 508 Å². The van der Waals surface area contributed by atoms with Crippen LogP contribution in [-0.2, 0) is 38.0 Å². The highest BCUT2D eigenvalue weighted by Crippen LogP contribution is 2.65. The Balaban J connectivity index is 1.14. The van der Waals surface area contributed by atoms with Crippen molar-refractivity contribution >= 4 is 29.7 Å². The van der Waals surface area contributed by atoms with E-state index in [4.69, 9.17) is 28.4 Å². The molecule has 18 heteroatoms. The number of rotatable bonds is 22. The molecule has 1 aliphatic carbocycles. The van der Waals surface area contributed by atoms with Gasteiger partial charge in [-0.15, -0.1) is 0 Å². The van der Waals surface area contributed by atoms with Gasteiger partial charge in [0.15, 0.2) is 12.6 Å². The molecule has 0 unspecified atom stereocenters. The minimum atomic E-state index is -2.59. The molecule has 2 aromatic carbocycles. The first kappa shape index (κ1) is 71.3. The molecule has 0 aromatic heterocycles. The molecule has 0 bridgehead atoms. The summed E-state index contributed by atoms with van der Waals surface area (Å²) in [6, 6.07) is 20.1. The monoisotopic (exact) mass is 1220 g/mol. The number of amides is 1. The summed E-state index contributed by atoms with van der Waals surface area (Å²) in [5.41, 5.74) is -4.60. The Hall–Kier alpha value is -2.77. The molecule has 1 saturated carbocycles. The molecule has 3 aliphatic heterocycles. The third-order valence-corrected chi connectivity index (χ3v) is 25.1. The molecule has 484 valence electrons. The second-order valence-corrected chi connectivity index (χ2v) is 31.0. The van der Waals surface area contributed by atoms with Crippen LogP contribution in [0.5, 0.6) is 0 Å². The Morgan fingerprint density at radius 2 is 1.33 bits per heavy atom. The molecule has 5 N–H and O–H groups in total. The molecule has 3 saturated heterocycles. The first-order chi connectivity index (χ1) is 40.0. The molecule has 18 atom stereocenters. The van der Waals surface area contributed by atoms with Gasteiger partial charge >= 0.3 is 5.97 Å². The molecule has 0 spiro atoms. The number of aliphatic hydroxyl groups excluding tert-OH is 3. The van der Waals surface area contributed by atoms with Crippen molar-refractivity contribution in [2.45, 2.75) is 287 Å². The number of cyclic esters (lactones) is 1. The van der Waals surface area contributed by atoms with Crippen molar-refractivity contribution in [3.8, 4) is 0 Å². The first-order valence-corrected chi connectivity index (χ1v) is 34.3. The van der Waals surface area contributed by atoms with Crippen LogP contribution >= 0.6 is 7.26 Å². The molecule has 0 radical (unpaired) electrons. The van der Waals surface area contributed by atoms with E-state index < -0.39 is 115 Å². The van der Waals surface area contributed by atoms with Crippen molar-refractivity contribution in [2.24, 2.45) is 17.8 Å². The minimum Gasteiger partial charge on any atom is -0.459 e. The fourth-order valence-corrected chi connectivity index (χ4v) is 20.0. The molecule has 4 aliphatic rings. The van der Waals surface area contributed by atoms with Gasteiger partial charge in [0.2, 0.25) is 11.8 Å². The number of hydrogen-bond donors (Lipinski definition) is 5. The van der Waals surface area contributed by atoms with Gasteiger partial charge in [-0.3, -0.25) is 9.59 Å². The third-order valence-electron chi connectivity index (χ3n) is 19.9. The number of carbonyl (C=O) groups excluding carboxylic acids is 2. The lowest BCUT2D eigenvalue weighted by atomic mass is 9.77. The van der Waals surface area contributed by atoms with Gasteiger partial charge in [0.25, 0.3) is 0 Å². The minimum absolute atomic E-state index is 0.0440. The highest BCUT2D eigenvalue weighted by atomic mass is 31.2. The van der Waals surface area contributed by atoms with Crippen molar-refractivity contribution in [1.29, 1.82) is 0 Å². The van der Waals surface area contributed by atoms with E-state index in [9.17, 15) is 43.9 Å². The van der Waals surface area contributed by atoms with Crippen LogP contribution in [0.4, 0.5) is 8.78 Å². The molecule has 15 nitrogen and oxygen atoms in total. The van der Waals surface area contributed by atoms with Gasteiger partial charge < -0.3 is 63.8 Å². The Morgan fingerprint density at radius 3 is 1.87 bits per heavy atom. The summed E-state index contributed by atoms with van der Waals surface area (Å²) in [6.07, 6.45) is 1.31. The number of likely N-dealkylation sites (N-methyl/N-ethyl adjacent to an activating group) is 1.